The number of aryl methyl sites for hydroxylation is 2. The summed E-state index contributed by atoms with van der Waals surface area (Å²) in [4.78, 5) is 28.0. The number of fused-ring (bicyclic) bond motifs is 1. The molecular formula is C22H24FN7O. The van der Waals surface area contributed by atoms with Crippen LogP contribution < -0.4 is 4.90 Å². The van der Waals surface area contributed by atoms with Crippen LogP contribution in [0.3, 0.4) is 0 Å². The SMILES string of the molecule is Cc1cc(C)nc(N2CC[C@@H]3CN(C(=O)c4cc(F)ccc4-n4nccn4)C[C@@H]3C2)n1. The average molecular weight is 421 g/mol. The Kier molecular flexibility index (Phi) is 4.88. The standard InChI is InChI=1S/C22H24FN7O/c1-14-9-15(2)27-22(26-14)28-8-5-16-11-29(13-17(16)12-28)21(31)19-10-18(23)3-4-20(19)30-24-6-7-25-30/h3-4,6-7,9-10,16-17H,5,8,11-13H2,1-2H3/t16-,17+/m1/s1. The van der Waals surface area contributed by atoms with E-state index in [0.717, 1.165) is 36.8 Å². The molecule has 4 heterocycles. The van der Waals surface area contributed by atoms with E-state index in [1.165, 1.54) is 29.3 Å². The summed E-state index contributed by atoms with van der Waals surface area (Å²) in [5, 5.41) is 8.22. The second-order valence-electron chi connectivity index (χ2n) is 8.40. The van der Waals surface area contributed by atoms with Crippen molar-refractivity contribution in [2.45, 2.75) is 20.3 Å². The molecule has 2 fully saturated rings. The van der Waals surface area contributed by atoms with Gasteiger partial charge in [-0.05, 0) is 56.4 Å². The lowest BCUT2D eigenvalue weighted by Gasteiger charge is -2.34. The van der Waals surface area contributed by atoms with E-state index in [1.807, 2.05) is 24.8 Å². The molecule has 0 radical (unpaired) electrons. The molecule has 0 unspecified atom stereocenters. The monoisotopic (exact) mass is 421 g/mol. The van der Waals surface area contributed by atoms with Crippen LogP contribution in [0.25, 0.3) is 5.69 Å². The van der Waals surface area contributed by atoms with Gasteiger partial charge in [-0.25, -0.2) is 14.4 Å². The van der Waals surface area contributed by atoms with Gasteiger partial charge in [0.25, 0.3) is 5.91 Å². The van der Waals surface area contributed by atoms with Crippen LogP contribution in [-0.4, -0.2) is 61.9 Å². The largest absolute Gasteiger partial charge is 0.340 e. The Bertz CT molecular complexity index is 1100. The van der Waals surface area contributed by atoms with Crippen molar-refractivity contribution in [3.63, 3.8) is 0 Å². The van der Waals surface area contributed by atoms with Crippen LogP contribution in [0.1, 0.15) is 28.2 Å². The van der Waals surface area contributed by atoms with E-state index in [2.05, 4.69) is 25.1 Å². The van der Waals surface area contributed by atoms with Crippen molar-refractivity contribution in [1.82, 2.24) is 29.9 Å². The molecule has 0 spiro atoms. The lowest BCUT2D eigenvalue weighted by atomic mass is 9.89. The van der Waals surface area contributed by atoms with Gasteiger partial charge < -0.3 is 9.80 Å². The molecule has 0 bridgehead atoms. The number of amides is 1. The lowest BCUT2D eigenvalue weighted by molar-refractivity contribution is 0.0783. The van der Waals surface area contributed by atoms with Gasteiger partial charge in [-0.1, -0.05) is 0 Å². The maximum absolute atomic E-state index is 14.0. The summed E-state index contributed by atoms with van der Waals surface area (Å²) in [7, 11) is 0. The first kappa shape index (κ1) is 19.6. The van der Waals surface area contributed by atoms with Gasteiger partial charge in [0.05, 0.1) is 23.6 Å². The Hall–Kier alpha value is -3.36. The minimum atomic E-state index is -0.450. The molecule has 2 aromatic heterocycles. The number of hydrogen-bond donors (Lipinski definition) is 0. The molecule has 9 heteroatoms. The van der Waals surface area contributed by atoms with E-state index < -0.39 is 5.82 Å². The summed E-state index contributed by atoms with van der Waals surface area (Å²) in [6.45, 7) is 6.95. The van der Waals surface area contributed by atoms with E-state index in [-0.39, 0.29) is 11.5 Å². The summed E-state index contributed by atoms with van der Waals surface area (Å²) >= 11 is 0. The van der Waals surface area contributed by atoms with E-state index in [4.69, 9.17) is 0 Å². The van der Waals surface area contributed by atoms with Crippen LogP contribution in [0.5, 0.6) is 0 Å². The molecule has 3 aromatic rings. The van der Waals surface area contributed by atoms with Gasteiger partial charge in [-0.3, -0.25) is 4.79 Å². The van der Waals surface area contributed by atoms with Gasteiger partial charge in [0.15, 0.2) is 0 Å². The summed E-state index contributed by atoms with van der Waals surface area (Å²) in [6.07, 6.45) is 4.04. The molecule has 0 saturated carbocycles. The predicted molar refractivity (Wildman–Crippen MR) is 113 cm³/mol. The molecule has 1 amide bonds. The first-order chi connectivity index (χ1) is 15.0. The van der Waals surface area contributed by atoms with E-state index >= 15 is 0 Å². The zero-order valence-electron chi connectivity index (χ0n) is 17.6. The number of piperidine rings is 1. The zero-order valence-corrected chi connectivity index (χ0v) is 17.6. The van der Waals surface area contributed by atoms with Crippen LogP contribution >= 0.6 is 0 Å². The molecule has 2 aliphatic heterocycles. The quantitative estimate of drug-likeness (QED) is 0.646. The number of likely N-dealkylation sites (tertiary alicyclic amines) is 1. The number of benzene rings is 1. The minimum Gasteiger partial charge on any atom is -0.340 e. The van der Waals surface area contributed by atoms with E-state index in [9.17, 15) is 9.18 Å². The first-order valence-corrected chi connectivity index (χ1v) is 10.5. The minimum absolute atomic E-state index is 0.185. The number of halogens is 1. The second-order valence-corrected chi connectivity index (χ2v) is 8.40. The van der Waals surface area contributed by atoms with Crippen LogP contribution in [0, 0.1) is 31.5 Å². The first-order valence-electron chi connectivity index (χ1n) is 10.5. The van der Waals surface area contributed by atoms with Crippen molar-refractivity contribution in [3.05, 3.63) is 59.4 Å². The molecule has 0 aliphatic carbocycles. The third-order valence-electron chi connectivity index (χ3n) is 6.16. The van der Waals surface area contributed by atoms with Crippen molar-refractivity contribution in [2.24, 2.45) is 11.8 Å². The number of rotatable bonds is 3. The van der Waals surface area contributed by atoms with Crippen LogP contribution in [0.4, 0.5) is 10.3 Å². The van der Waals surface area contributed by atoms with Gasteiger partial charge in [0.2, 0.25) is 5.95 Å². The lowest BCUT2D eigenvalue weighted by Crippen LogP contribution is -2.41. The number of carbonyl (C=O) groups is 1. The van der Waals surface area contributed by atoms with Crippen molar-refractivity contribution in [1.29, 1.82) is 0 Å². The highest BCUT2D eigenvalue weighted by Gasteiger charge is 2.40. The maximum atomic E-state index is 14.0. The third kappa shape index (κ3) is 3.75. The van der Waals surface area contributed by atoms with Gasteiger partial charge in [0.1, 0.15) is 5.82 Å². The molecule has 31 heavy (non-hydrogen) atoms. The normalized spacial score (nSPS) is 20.7. The molecule has 2 aliphatic rings. The van der Waals surface area contributed by atoms with Crippen LogP contribution in [0.15, 0.2) is 36.7 Å². The highest BCUT2D eigenvalue weighted by atomic mass is 19.1. The van der Waals surface area contributed by atoms with Gasteiger partial charge >= 0.3 is 0 Å². The van der Waals surface area contributed by atoms with Crippen molar-refractivity contribution in [3.8, 4) is 5.69 Å². The molecule has 1 aromatic carbocycles. The smallest absolute Gasteiger partial charge is 0.256 e. The highest BCUT2D eigenvalue weighted by molar-refractivity contribution is 5.98. The molecule has 2 atom stereocenters. The fourth-order valence-electron chi connectivity index (χ4n) is 4.73. The van der Waals surface area contributed by atoms with Crippen LogP contribution in [0.2, 0.25) is 0 Å². The summed E-state index contributed by atoms with van der Waals surface area (Å²) < 4.78 is 14.0. The Balaban J connectivity index is 1.35. The Morgan fingerprint density at radius 2 is 1.71 bits per heavy atom. The predicted octanol–water partition coefficient (Wildman–Crippen LogP) is 2.41. The maximum Gasteiger partial charge on any atom is 0.256 e. The number of aromatic nitrogens is 5. The molecule has 160 valence electrons. The van der Waals surface area contributed by atoms with Gasteiger partial charge in [0, 0.05) is 37.6 Å². The summed E-state index contributed by atoms with van der Waals surface area (Å²) in [6, 6.07) is 6.11. The van der Waals surface area contributed by atoms with Gasteiger partial charge in [-0.15, -0.1) is 0 Å². The van der Waals surface area contributed by atoms with Crippen LogP contribution in [-0.2, 0) is 0 Å². The molecule has 0 N–H and O–H groups in total. The molecule has 2 saturated heterocycles. The summed E-state index contributed by atoms with van der Waals surface area (Å²) in [5.74, 6) is 0.884. The second kappa shape index (κ2) is 7.72. The number of hydrogen-bond acceptors (Lipinski definition) is 6. The van der Waals surface area contributed by atoms with Crippen molar-refractivity contribution >= 4 is 11.9 Å². The number of nitrogens with zero attached hydrogens (tertiary/aromatic N) is 7. The molecule has 5 rings (SSSR count). The fraction of sp³-hybridized carbons (Fsp3) is 0.409. The highest BCUT2D eigenvalue weighted by Crippen LogP contribution is 2.34. The zero-order chi connectivity index (χ0) is 21.5. The van der Waals surface area contributed by atoms with Crippen molar-refractivity contribution < 1.29 is 9.18 Å². The van der Waals surface area contributed by atoms with Crippen molar-refractivity contribution in [2.75, 3.05) is 31.1 Å². The Labute approximate surface area is 179 Å². The van der Waals surface area contributed by atoms with E-state index in [0.29, 0.717) is 30.6 Å². The Morgan fingerprint density at radius 1 is 1.00 bits per heavy atom. The topological polar surface area (TPSA) is 80.0 Å². The average Bonchev–Trinajstić information content (AvgIpc) is 3.42. The summed E-state index contributed by atoms with van der Waals surface area (Å²) in [5.41, 5.74) is 2.68. The fourth-order valence-corrected chi connectivity index (χ4v) is 4.73. The third-order valence-corrected chi connectivity index (χ3v) is 6.16. The van der Waals surface area contributed by atoms with Gasteiger partial charge in [-0.2, -0.15) is 15.0 Å². The van der Waals surface area contributed by atoms with E-state index in [1.54, 1.807) is 6.07 Å². The Morgan fingerprint density at radius 3 is 2.45 bits per heavy atom. The number of carbonyl (C=O) groups excluding carboxylic acids is 1. The molecular weight excluding hydrogens is 397 g/mol. The molecule has 8 nitrogen and oxygen atoms in total. The number of anilines is 1.